The summed E-state index contributed by atoms with van der Waals surface area (Å²) >= 11 is 0. The molecule has 1 aliphatic heterocycles. The first-order valence-corrected chi connectivity index (χ1v) is 9.48. The molecule has 0 spiro atoms. The van der Waals surface area contributed by atoms with Crippen LogP contribution in [0.15, 0.2) is 55.0 Å². The van der Waals surface area contributed by atoms with E-state index in [1.54, 1.807) is 24.5 Å². The van der Waals surface area contributed by atoms with Crippen LogP contribution in [0.5, 0.6) is 0 Å². The summed E-state index contributed by atoms with van der Waals surface area (Å²) < 4.78 is 28.5. The maximum Gasteiger partial charge on any atom is 0.147 e. The van der Waals surface area contributed by atoms with Crippen molar-refractivity contribution >= 4 is 16.7 Å². The first-order chi connectivity index (χ1) is 14.1. The fourth-order valence-electron chi connectivity index (χ4n) is 3.89. The number of nitrogens with one attached hydrogen (secondary N) is 1. The fraction of sp³-hybridized carbons (Fsp3) is 0.182. The number of nitrogens with zero attached hydrogens (tertiary/aromatic N) is 3. The maximum atomic E-state index is 14.3. The maximum absolute atomic E-state index is 14.3. The molecule has 0 bridgehead atoms. The van der Waals surface area contributed by atoms with Crippen LogP contribution in [0.1, 0.15) is 6.42 Å². The van der Waals surface area contributed by atoms with Gasteiger partial charge in [0.2, 0.25) is 0 Å². The Bertz CT molecular complexity index is 1180. The van der Waals surface area contributed by atoms with Crippen molar-refractivity contribution in [3.05, 3.63) is 66.6 Å². The van der Waals surface area contributed by atoms with E-state index in [0.29, 0.717) is 11.3 Å². The SMILES string of the molecule is N[C@@H]1CCN(c2cncc(-c3c[nH]c4ccc(-c5c(F)cccc5F)cc34)n2)C1. The molecule has 0 radical (unpaired) electrons. The van der Waals surface area contributed by atoms with Gasteiger partial charge in [-0.15, -0.1) is 0 Å². The van der Waals surface area contributed by atoms with Crippen molar-refractivity contribution in [2.75, 3.05) is 18.0 Å². The van der Waals surface area contributed by atoms with Crippen LogP contribution in [0.3, 0.4) is 0 Å². The fourth-order valence-corrected chi connectivity index (χ4v) is 3.89. The number of fused-ring (bicyclic) bond motifs is 1. The van der Waals surface area contributed by atoms with Crippen molar-refractivity contribution in [1.82, 2.24) is 15.0 Å². The highest BCUT2D eigenvalue weighted by atomic mass is 19.1. The number of rotatable bonds is 3. The first kappa shape index (κ1) is 17.8. The molecule has 0 unspecified atom stereocenters. The predicted molar refractivity (Wildman–Crippen MR) is 109 cm³/mol. The number of aromatic nitrogens is 3. The van der Waals surface area contributed by atoms with Crippen molar-refractivity contribution in [1.29, 1.82) is 0 Å². The van der Waals surface area contributed by atoms with Gasteiger partial charge in [-0.25, -0.2) is 13.8 Å². The molecule has 1 aliphatic rings. The van der Waals surface area contributed by atoms with Gasteiger partial charge in [0.1, 0.15) is 17.5 Å². The summed E-state index contributed by atoms with van der Waals surface area (Å²) in [7, 11) is 0. The molecule has 146 valence electrons. The Hall–Kier alpha value is -3.32. The highest BCUT2D eigenvalue weighted by Gasteiger charge is 2.21. The number of benzene rings is 2. The molecule has 29 heavy (non-hydrogen) atoms. The van der Waals surface area contributed by atoms with E-state index >= 15 is 0 Å². The molecule has 1 saturated heterocycles. The van der Waals surface area contributed by atoms with Gasteiger partial charge in [-0.3, -0.25) is 4.98 Å². The molecule has 2 aromatic carbocycles. The van der Waals surface area contributed by atoms with Gasteiger partial charge in [-0.2, -0.15) is 0 Å². The lowest BCUT2D eigenvalue weighted by molar-refractivity contribution is 0.589. The van der Waals surface area contributed by atoms with E-state index < -0.39 is 11.6 Å². The minimum Gasteiger partial charge on any atom is -0.360 e. The summed E-state index contributed by atoms with van der Waals surface area (Å²) in [6.45, 7) is 1.60. The molecule has 7 heteroatoms. The number of H-pyrrole nitrogens is 1. The van der Waals surface area contributed by atoms with Crippen LogP contribution in [0, 0.1) is 11.6 Å². The van der Waals surface area contributed by atoms with Crippen LogP contribution in [0.25, 0.3) is 33.3 Å². The summed E-state index contributed by atoms with van der Waals surface area (Å²) in [4.78, 5) is 14.4. The van der Waals surface area contributed by atoms with E-state index in [9.17, 15) is 8.78 Å². The summed E-state index contributed by atoms with van der Waals surface area (Å²) in [5.41, 5.74) is 8.83. The average Bonchev–Trinajstić information content (AvgIpc) is 3.34. The summed E-state index contributed by atoms with van der Waals surface area (Å²) in [6.07, 6.45) is 6.20. The largest absolute Gasteiger partial charge is 0.360 e. The smallest absolute Gasteiger partial charge is 0.147 e. The summed E-state index contributed by atoms with van der Waals surface area (Å²) in [5.74, 6) is -0.400. The zero-order chi connectivity index (χ0) is 20.0. The Kier molecular flexibility index (Phi) is 4.24. The minimum atomic E-state index is -0.589. The zero-order valence-electron chi connectivity index (χ0n) is 15.6. The second-order valence-electron chi connectivity index (χ2n) is 7.32. The number of hydrogen-bond donors (Lipinski definition) is 2. The molecule has 0 saturated carbocycles. The highest BCUT2D eigenvalue weighted by molar-refractivity contribution is 5.97. The Morgan fingerprint density at radius 3 is 2.69 bits per heavy atom. The molecule has 1 fully saturated rings. The van der Waals surface area contributed by atoms with Crippen molar-refractivity contribution < 1.29 is 8.78 Å². The molecule has 0 amide bonds. The third-order valence-electron chi connectivity index (χ3n) is 5.38. The second-order valence-corrected chi connectivity index (χ2v) is 7.32. The molecule has 0 aliphatic carbocycles. The lowest BCUT2D eigenvalue weighted by Gasteiger charge is -2.16. The minimum absolute atomic E-state index is 0.0348. The number of nitrogens with two attached hydrogens (primary N) is 1. The number of hydrogen-bond acceptors (Lipinski definition) is 4. The van der Waals surface area contributed by atoms with Gasteiger partial charge in [0.15, 0.2) is 0 Å². The van der Waals surface area contributed by atoms with Gasteiger partial charge in [-0.1, -0.05) is 12.1 Å². The lowest BCUT2D eigenvalue weighted by atomic mass is 10.0. The van der Waals surface area contributed by atoms with Crippen molar-refractivity contribution in [2.24, 2.45) is 5.73 Å². The van der Waals surface area contributed by atoms with E-state index in [2.05, 4.69) is 14.9 Å². The molecular weight excluding hydrogens is 372 g/mol. The van der Waals surface area contributed by atoms with Crippen LogP contribution < -0.4 is 10.6 Å². The Morgan fingerprint density at radius 2 is 1.93 bits per heavy atom. The third-order valence-corrected chi connectivity index (χ3v) is 5.38. The molecule has 3 heterocycles. The summed E-state index contributed by atoms with van der Waals surface area (Å²) in [5, 5.41) is 0.828. The summed E-state index contributed by atoms with van der Waals surface area (Å²) in [6, 6.07) is 9.33. The first-order valence-electron chi connectivity index (χ1n) is 9.48. The molecule has 1 atom stereocenters. The van der Waals surface area contributed by atoms with E-state index in [1.807, 2.05) is 12.3 Å². The Labute approximate surface area is 166 Å². The lowest BCUT2D eigenvalue weighted by Crippen LogP contribution is -2.27. The van der Waals surface area contributed by atoms with Crippen molar-refractivity contribution in [2.45, 2.75) is 12.5 Å². The van der Waals surface area contributed by atoms with Gasteiger partial charge < -0.3 is 15.6 Å². The van der Waals surface area contributed by atoms with E-state index in [-0.39, 0.29) is 11.6 Å². The van der Waals surface area contributed by atoms with Crippen LogP contribution >= 0.6 is 0 Å². The standard InChI is InChI=1S/C22H19F2N5/c23-17-2-1-3-18(24)22(17)13-4-5-19-15(8-13)16(9-27-19)20-10-26-11-21(28-20)29-7-6-14(25)12-29/h1-5,8-11,14,27H,6-7,12,25H2/t14-/m1/s1. The van der Waals surface area contributed by atoms with Gasteiger partial charge in [0.05, 0.1) is 23.7 Å². The van der Waals surface area contributed by atoms with Gasteiger partial charge in [0.25, 0.3) is 0 Å². The van der Waals surface area contributed by atoms with E-state index in [0.717, 1.165) is 41.8 Å². The van der Waals surface area contributed by atoms with Gasteiger partial charge in [-0.05, 0) is 36.2 Å². The van der Waals surface area contributed by atoms with E-state index in [1.165, 1.54) is 18.2 Å². The molecule has 2 aromatic heterocycles. The quantitative estimate of drug-likeness (QED) is 0.551. The molecular formula is C22H19F2N5. The number of aromatic amines is 1. The Balaban J connectivity index is 1.60. The van der Waals surface area contributed by atoms with Crippen molar-refractivity contribution in [3.63, 3.8) is 0 Å². The van der Waals surface area contributed by atoms with Crippen LogP contribution in [0.4, 0.5) is 14.6 Å². The molecule has 3 N–H and O–H groups in total. The Morgan fingerprint density at radius 1 is 1.10 bits per heavy atom. The van der Waals surface area contributed by atoms with Crippen LogP contribution in [0.2, 0.25) is 0 Å². The molecule has 5 rings (SSSR count). The number of anilines is 1. The van der Waals surface area contributed by atoms with Gasteiger partial charge >= 0.3 is 0 Å². The predicted octanol–water partition coefficient (Wildman–Crippen LogP) is 4.11. The average molecular weight is 391 g/mol. The second kappa shape index (κ2) is 6.93. The van der Waals surface area contributed by atoms with E-state index in [4.69, 9.17) is 10.7 Å². The third kappa shape index (κ3) is 3.13. The monoisotopic (exact) mass is 391 g/mol. The molecule has 4 aromatic rings. The van der Waals surface area contributed by atoms with Crippen LogP contribution in [-0.2, 0) is 0 Å². The number of halogens is 2. The zero-order valence-corrected chi connectivity index (χ0v) is 15.6. The van der Waals surface area contributed by atoms with Crippen LogP contribution in [-0.4, -0.2) is 34.1 Å². The highest BCUT2D eigenvalue weighted by Crippen LogP contribution is 2.33. The normalized spacial score (nSPS) is 16.7. The van der Waals surface area contributed by atoms with Gasteiger partial charge in [0, 0.05) is 41.8 Å². The molecule has 5 nitrogen and oxygen atoms in total. The van der Waals surface area contributed by atoms with Crippen molar-refractivity contribution in [3.8, 4) is 22.4 Å². The topological polar surface area (TPSA) is 70.8 Å².